The number of nitrogens with zero attached hydrogens (tertiary/aromatic N) is 1. The first kappa shape index (κ1) is 14.8. The Balaban J connectivity index is 1.76. The molecule has 4 nitrogen and oxygen atoms in total. The van der Waals surface area contributed by atoms with E-state index in [1.54, 1.807) is 11.3 Å². The molecular weight excluding hydrogens is 260 g/mol. The van der Waals surface area contributed by atoms with Gasteiger partial charge in [0.2, 0.25) is 0 Å². The average Bonchev–Trinajstić information content (AvgIpc) is 2.81. The maximum atomic E-state index is 5.99. The lowest BCUT2D eigenvalue weighted by atomic mass is 10.0. The topological polar surface area (TPSA) is 43.4 Å². The van der Waals surface area contributed by atoms with Gasteiger partial charge in [0.25, 0.3) is 0 Å². The summed E-state index contributed by atoms with van der Waals surface area (Å²) in [6.45, 7) is 8.02. The van der Waals surface area contributed by atoms with Crippen LogP contribution < -0.4 is 5.32 Å². The number of hydrogen-bond acceptors (Lipinski definition) is 5. The zero-order valence-electron chi connectivity index (χ0n) is 12.0. The van der Waals surface area contributed by atoms with E-state index in [0.29, 0.717) is 24.9 Å². The van der Waals surface area contributed by atoms with E-state index in [2.05, 4.69) is 31.1 Å². The summed E-state index contributed by atoms with van der Waals surface area (Å²) < 4.78 is 11.7. The number of hydrogen-bond donors (Lipinski definition) is 1. The number of aromatic nitrogens is 1. The summed E-state index contributed by atoms with van der Waals surface area (Å²) in [5.74, 6) is 0. The summed E-state index contributed by atoms with van der Waals surface area (Å²) in [5, 5.41) is 4.29. The van der Waals surface area contributed by atoms with Crippen molar-refractivity contribution in [1.29, 1.82) is 0 Å². The van der Waals surface area contributed by atoms with Crippen LogP contribution in [0.15, 0.2) is 6.20 Å². The summed E-state index contributed by atoms with van der Waals surface area (Å²) in [4.78, 5) is 5.54. The van der Waals surface area contributed by atoms with Crippen LogP contribution in [0.3, 0.4) is 0 Å². The quantitative estimate of drug-likeness (QED) is 0.869. The van der Waals surface area contributed by atoms with Crippen molar-refractivity contribution in [3.05, 3.63) is 11.1 Å². The molecule has 1 saturated heterocycles. The summed E-state index contributed by atoms with van der Waals surface area (Å²) in [6.07, 6.45) is 5.92. The highest BCUT2D eigenvalue weighted by Crippen LogP contribution is 2.24. The van der Waals surface area contributed by atoms with E-state index in [1.165, 1.54) is 4.88 Å². The maximum Gasteiger partial charge on any atom is 0.182 e. The minimum atomic E-state index is 0.303. The van der Waals surface area contributed by atoms with E-state index in [4.69, 9.17) is 9.47 Å². The largest absolute Gasteiger partial charge is 0.375 e. The molecule has 1 aliphatic heterocycles. The van der Waals surface area contributed by atoms with Crippen molar-refractivity contribution in [1.82, 2.24) is 4.98 Å². The molecule has 0 saturated carbocycles. The second-order valence-electron chi connectivity index (χ2n) is 5.22. The van der Waals surface area contributed by atoms with E-state index < -0.39 is 0 Å². The highest BCUT2D eigenvalue weighted by atomic mass is 32.1. The molecule has 1 fully saturated rings. The molecule has 1 aromatic rings. The van der Waals surface area contributed by atoms with Gasteiger partial charge in [-0.15, -0.1) is 0 Å². The number of anilines is 1. The lowest BCUT2D eigenvalue weighted by Gasteiger charge is -2.31. The third-order valence-electron chi connectivity index (χ3n) is 3.20. The normalized spacial score (nSPS) is 27.4. The fourth-order valence-corrected chi connectivity index (χ4v) is 3.13. The van der Waals surface area contributed by atoms with Gasteiger partial charge >= 0.3 is 0 Å². The minimum Gasteiger partial charge on any atom is -0.375 e. The van der Waals surface area contributed by atoms with Gasteiger partial charge in [0.1, 0.15) is 0 Å². The molecule has 1 aliphatic rings. The van der Waals surface area contributed by atoms with Crippen molar-refractivity contribution in [3.8, 4) is 0 Å². The third-order valence-corrected chi connectivity index (χ3v) is 4.12. The van der Waals surface area contributed by atoms with Crippen LogP contribution in [0, 0.1) is 0 Å². The fraction of sp³-hybridized carbons (Fsp3) is 0.786. The van der Waals surface area contributed by atoms with Crippen molar-refractivity contribution in [3.63, 3.8) is 0 Å². The maximum absolute atomic E-state index is 5.99. The van der Waals surface area contributed by atoms with E-state index in [1.807, 2.05) is 6.20 Å². The molecule has 1 aromatic heterocycles. The Morgan fingerprint density at radius 2 is 2.16 bits per heavy atom. The van der Waals surface area contributed by atoms with Crippen LogP contribution in [-0.4, -0.2) is 29.8 Å². The summed E-state index contributed by atoms with van der Waals surface area (Å²) in [6, 6.07) is 0. The summed E-state index contributed by atoms with van der Waals surface area (Å²) in [5.41, 5.74) is 0. The molecule has 0 aliphatic carbocycles. The van der Waals surface area contributed by atoms with Crippen LogP contribution in [0.25, 0.3) is 0 Å². The van der Waals surface area contributed by atoms with Crippen LogP contribution in [0.1, 0.15) is 44.9 Å². The first-order valence-electron chi connectivity index (χ1n) is 7.13. The molecular formula is C14H24N2O2S. The Labute approximate surface area is 119 Å². The van der Waals surface area contributed by atoms with E-state index >= 15 is 0 Å². The Morgan fingerprint density at radius 1 is 1.42 bits per heavy atom. The molecule has 1 N–H and O–H groups in total. The molecule has 0 amide bonds. The lowest BCUT2D eigenvalue weighted by Crippen LogP contribution is -2.33. The second kappa shape index (κ2) is 7.22. The van der Waals surface area contributed by atoms with Crippen LogP contribution in [-0.2, 0) is 16.1 Å². The molecule has 2 atom stereocenters. The predicted octanol–water partition coefficient (Wildman–Crippen LogP) is 3.44. The fourth-order valence-electron chi connectivity index (χ4n) is 2.37. The SMILES string of the molecule is CCCNc1ncc(COC2CC(C)OC(C)C2)s1. The van der Waals surface area contributed by atoms with Gasteiger partial charge in [0, 0.05) is 12.7 Å². The van der Waals surface area contributed by atoms with Gasteiger partial charge in [-0.3, -0.25) is 0 Å². The standard InChI is InChI=1S/C14H24N2O2S/c1-4-5-15-14-16-8-13(19-14)9-17-12-6-10(2)18-11(3)7-12/h8,10-12H,4-7,9H2,1-3H3,(H,15,16). The summed E-state index contributed by atoms with van der Waals surface area (Å²) in [7, 11) is 0. The Kier molecular flexibility index (Phi) is 5.60. The van der Waals surface area contributed by atoms with Gasteiger partial charge in [-0.05, 0) is 33.1 Å². The molecule has 2 unspecified atom stereocenters. The van der Waals surface area contributed by atoms with Crippen molar-refractivity contribution < 1.29 is 9.47 Å². The van der Waals surface area contributed by atoms with Gasteiger partial charge in [0.05, 0.1) is 29.8 Å². The van der Waals surface area contributed by atoms with Crippen molar-refractivity contribution in [2.75, 3.05) is 11.9 Å². The van der Waals surface area contributed by atoms with E-state index in [0.717, 1.165) is 30.9 Å². The van der Waals surface area contributed by atoms with Gasteiger partial charge < -0.3 is 14.8 Å². The Hall–Kier alpha value is -0.650. The summed E-state index contributed by atoms with van der Waals surface area (Å²) >= 11 is 1.68. The minimum absolute atomic E-state index is 0.303. The van der Waals surface area contributed by atoms with Crippen molar-refractivity contribution >= 4 is 16.5 Å². The van der Waals surface area contributed by atoms with Crippen LogP contribution in [0.2, 0.25) is 0 Å². The first-order chi connectivity index (χ1) is 9.17. The third kappa shape index (κ3) is 4.75. The average molecular weight is 284 g/mol. The van der Waals surface area contributed by atoms with Crippen LogP contribution in [0.5, 0.6) is 0 Å². The molecule has 0 radical (unpaired) electrons. The lowest BCUT2D eigenvalue weighted by molar-refractivity contribution is -0.105. The molecule has 108 valence electrons. The van der Waals surface area contributed by atoms with Crippen LogP contribution in [0.4, 0.5) is 5.13 Å². The number of rotatable bonds is 6. The number of nitrogens with one attached hydrogen (secondary N) is 1. The molecule has 0 aromatic carbocycles. The highest BCUT2D eigenvalue weighted by Gasteiger charge is 2.25. The molecule has 2 heterocycles. The smallest absolute Gasteiger partial charge is 0.182 e. The molecule has 0 bridgehead atoms. The molecule has 0 spiro atoms. The van der Waals surface area contributed by atoms with Crippen LogP contribution >= 0.6 is 11.3 Å². The van der Waals surface area contributed by atoms with Crippen molar-refractivity contribution in [2.24, 2.45) is 0 Å². The Bertz CT molecular complexity index is 373. The monoisotopic (exact) mass is 284 g/mol. The van der Waals surface area contributed by atoms with Gasteiger partial charge in [0.15, 0.2) is 5.13 Å². The van der Waals surface area contributed by atoms with Gasteiger partial charge in [-0.1, -0.05) is 18.3 Å². The number of thiazole rings is 1. The zero-order chi connectivity index (χ0) is 13.7. The first-order valence-corrected chi connectivity index (χ1v) is 7.94. The predicted molar refractivity (Wildman–Crippen MR) is 78.7 cm³/mol. The molecule has 2 rings (SSSR count). The molecule has 5 heteroatoms. The number of ether oxygens (including phenoxy) is 2. The van der Waals surface area contributed by atoms with Gasteiger partial charge in [-0.25, -0.2) is 4.98 Å². The zero-order valence-corrected chi connectivity index (χ0v) is 12.8. The van der Waals surface area contributed by atoms with E-state index in [-0.39, 0.29) is 0 Å². The second-order valence-corrected chi connectivity index (χ2v) is 6.34. The highest BCUT2D eigenvalue weighted by molar-refractivity contribution is 7.15. The van der Waals surface area contributed by atoms with Crippen molar-refractivity contribution in [2.45, 2.75) is 65.0 Å². The van der Waals surface area contributed by atoms with Gasteiger partial charge in [-0.2, -0.15) is 0 Å². The Morgan fingerprint density at radius 3 is 2.84 bits per heavy atom. The molecule has 19 heavy (non-hydrogen) atoms. The van der Waals surface area contributed by atoms with E-state index in [9.17, 15) is 0 Å².